The van der Waals surface area contributed by atoms with Gasteiger partial charge in [0, 0.05) is 14.7 Å². The fourth-order valence-corrected chi connectivity index (χ4v) is 2.00. The standard InChI is InChI=1S/C13H9FIO/c1-16-13-5-3-2-4-10(13)11-8-9(15)6-7-12(11)14/h2,4-8H,1H3. The maximum atomic E-state index is 13.7. The summed E-state index contributed by atoms with van der Waals surface area (Å²) in [6, 6.07) is 13.2. The molecule has 1 nitrogen and oxygen atoms in total. The largest absolute Gasteiger partial charge is 0.496 e. The van der Waals surface area contributed by atoms with Crippen LogP contribution < -0.4 is 4.74 Å². The highest BCUT2D eigenvalue weighted by atomic mass is 127. The van der Waals surface area contributed by atoms with Gasteiger partial charge in [0.05, 0.1) is 7.11 Å². The normalized spacial score (nSPS) is 10.2. The Labute approximate surface area is 107 Å². The van der Waals surface area contributed by atoms with Gasteiger partial charge in [0.1, 0.15) is 11.6 Å². The summed E-state index contributed by atoms with van der Waals surface area (Å²) in [7, 11) is 1.57. The van der Waals surface area contributed by atoms with Crippen LogP contribution in [0.4, 0.5) is 4.39 Å². The minimum Gasteiger partial charge on any atom is -0.496 e. The van der Waals surface area contributed by atoms with Crippen molar-refractivity contribution in [2.75, 3.05) is 7.11 Å². The van der Waals surface area contributed by atoms with Crippen molar-refractivity contribution in [3.8, 4) is 16.9 Å². The molecule has 0 aliphatic carbocycles. The lowest BCUT2D eigenvalue weighted by Crippen LogP contribution is -1.90. The predicted octanol–water partition coefficient (Wildman–Crippen LogP) is 3.91. The minimum absolute atomic E-state index is 0.245. The molecule has 0 fully saturated rings. The number of hydrogen-bond donors (Lipinski definition) is 0. The third-order valence-electron chi connectivity index (χ3n) is 2.26. The molecule has 2 rings (SSSR count). The van der Waals surface area contributed by atoms with Crippen LogP contribution in [0.5, 0.6) is 5.75 Å². The second kappa shape index (κ2) is 4.82. The molecular formula is C13H9FIO. The van der Waals surface area contributed by atoms with E-state index in [0.29, 0.717) is 11.3 Å². The van der Waals surface area contributed by atoms with Crippen molar-refractivity contribution in [3.63, 3.8) is 0 Å². The smallest absolute Gasteiger partial charge is 0.131 e. The van der Waals surface area contributed by atoms with Crippen LogP contribution in [0.15, 0.2) is 36.4 Å². The average Bonchev–Trinajstić information content (AvgIpc) is 2.32. The summed E-state index contributed by atoms with van der Waals surface area (Å²) >= 11 is 2.16. The van der Waals surface area contributed by atoms with Gasteiger partial charge < -0.3 is 4.74 Å². The molecule has 0 amide bonds. The van der Waals surface area contributed by atoms with Crippen LogP contribution in [-0.4, -0.2) is 7.11 Å². The van der Waals surface area contributed by atoms with E-state index in [2.05, 4.69) is 28.7 Å². The maximum Gasteiger partial charge on any atom is 0.131 e. The van der Waals surface area contributed by atoms with Gasteiger partial charge >= 0.3 is 0 Å². The van der Waals surface area contributed by atoms with Crippen molar-refractivity contribution >= 4 is 22.6 Å². The lowest BCUT2D eigenvalue weighted by Gasteiger charge is -2.09. The van der Waals surface area contributed by atoms with Crippen molar-refractivity contribution in [1.82, 2.24) is 0 Å². The first-order valence-electron chi connectivity index (χ1n) is 4.72. The van der Waals surface area contributed by atoms with Crippen molar-refractivity contribution in [2.24, 2.45) is 0 Å². The monoisotopic (exact) mass is 327 g/mol. The van der Waals surface area contributed by atoms with Crippen molar-refractivity contribution in [1.29, 1.82) is 0 Å². The molecule has 0 N–H and O–H groups in total. The fraction of sp³-hybridized carbons (Fsp3) is 0.0769. The molecule has 0 heterocycles. The Morgan fingerprint density at radius 3 is 2.81 bits per heavy atom. The van der Waals surface area contributed by atoms with Gasteiger partial charge in [-0.15, -0.1) is 0 Å². The molecule has 0 unspecified atom stereocenters. The van der Waals surface area contributed by atoms with Crippen molar-refractivity contribution in [3.05, 3.63) is 51.9 Å². The second-order valence-corrected chi connectivity index (χ2v) is 4.50. The lowest BCUT2D eigenvalue weighted by atomic mass is 10.0. The predicted molar refractivity (Wildman–Crippen MR) is 69.9 cm³/mol. The van der Waals surface area contributed by atoms with Gasteiger partial charge in [-0.25, -0.2) is 4.39 Å². The number of benzene rings is 2. The highest BCUT2D eigenvalue weighted by Gasteiger charge is 2.10. The van der Waals surface area contributed by atoms with Crippen LogP contribution in [0.25, 0.3) is 11.1 Å². The summed E-state index contributed by atoms with van der Waals surface area (Å²) in [6.07, 6.45) is 0. The zero-order valence-electron chi connectivity index (χ0n) is 8.63. The summed E-state index contributed by atoms with van der Waals surface area (Å²) in [5, 5.41) is 0. The molecule has 0 aliphatic rings. The van der Waals surface area contributed by atoms with Gasteiger partial charge in [0.2, 0.25) is 0 Å². The van der Waals surface area contributed by atoms with E-state index in [9.17, 15) is 4.39 Å². The first-order chi connectivity index (χ1) is 7.72. The Morgan fingerprint density at radius 1 is 1.25 bits per heavy atom. The van der Waals surface area contributed by atoms with E-state index in [4.69, 9.17) is 4.74 Å². The third-order valence-corrected chi connectivity index (χ3v) is 2.94. The second-order valence-electron chi connectivity index (χ2n) is 3.25. The fourth-order valence-electron chi connectivity index (χ4n) is 1.51. The molecule has 0 spiro atoms. The number of methoxy groups -OCH3 is 1. The van der Waals surface area contributed by atoms with Crippen LogP contribution in [-0.2, 0) is 0 Å². The number of halogens is 2. The quantitative estimate of drug-likeness (QED) is 0.760. The van der Waals surface area contributed by atoms with Crippen LogP contribution in [0.3, 0.4) is 0 Å². The molecule has 1 radical (unpaired) electrons. The first kappa shape index (κ1) is 11.4. The SMILES string of the molecule is COc1c[c]ccc1-c1cc(I)ccc1F. The van der Waals surface area contributed by atoms with Gasteiger partial charge in [-0.2, -0.15) is 0 Å². The first-order valence-corrected chi connectivity index (χ1v) is 5.80. The summed E-state index contributed by atoms with van der Waals surface area (Å²) < 4.78 is 19.9. The molecule has 0 saturated carbocycles. The summed E-state index contributed by atoms with van der Waals surface area (Å²) in [5.74, 6) is 0.383. The van der Waals surface area contributed by atoms with E-state index in [-0.39, 0.29) is 5.82 Å². The van der Waals surface area contributed by atoms with Gasteiger partial charge in [-0.05, 0) is 59.0 Å². The van der Waals surface area contributed by atoms with Gasteiger partial charge in [-0.3, -0.25) is 0 Å². The van der Waals surface area contributed by atoms with Crippen LogP contribution in [0.1, 0.15) is 0 Å². The molecule has 0 bridgehead atoms. The van der Waals surface area contributed by atoms with E-state index < -0.39 is 0 Å². The summed E-state index contributed by atoms with van der Waals surface area (Å²) in [6.45, 7) is 0. The summed E-state index contributed by atoms with van der Waals surface area (Å²) in [5.41, 5.74) is 1.30. The van der Waals surface area contributed by atoms with Crippen LogP contribution in [0, 0.1) is 15.5 Å². The molecule has 0 atom stereocenters. The van der Waals surface area contributed by atoms with E-state index in [1.54, 1.807) is 37.4 Å². The number of ether oxygens (including phenoxy) is 1. The summed E-state index contributed by atoms with van der Waals surface area (Å²) in [4.78, 5) is 0. The highest BCUT2D eigenvalue weighted by Crippen LogP contribution is 2.32. The van der Waals surface area contributed by atoms with E-state index in [1.807, 2.05) is 0 Å². The Morgan fingerprint density at radius 2 is 2.06 bits per heavy atom. The van der Waals surface area contributed by atoms with E-state index in [0.717, 1.165) is 9.13 Å². The Balaban J connectivity index is 2.62. The molecule has 16 heavy (non-hydrogen) atoms. The Hall–Kier alpha value is -1.10. The maximum absolute atomic E-state index is 13.7. The zero-order valence-corrected chi connectivity index (χ0v) is 10.8. The minimum atomic E-state index is -0.245. The average molecular weight is 327 g/mol. The molecule has 0 aromatic heterocycles. The Bertz CT molecular complexity index is 511. The van der Waals surface area contributed by atoms with Crippen LogP contribution in [0.2, 0.25) is 0 Å². The molecule has 0 aliphatic heterocycles. The molecule has 0 saturated heterocycles. The lowest BCUT2D eigenvalue weighted by molar-refractivity contribution is 0.416. The van der Waals surface area contributed by atoms with E-state index >= 15 is 0 Å². The van der Waals surface area contributed by atoms with Gasteiger partial charge in [-0.1, -0.05) is 6.07 Å². The van der Waals surface area contributed by atoms with Gasteiger partial charge in [0.15, 0.2) is 0 Å². The molecule has 2 aromatic rings. The number of rotatable bonds is 2. The van der Waals surface area contributed by atoms with Gasteiger partial charge in [0.25, 0.3) is 0 Å². The van der Waals surface area contributed by atoms with E-state index in [1.165, 1.54) is 6.07 Å². The number of hydrogen-bond acceptors (Lipinski definition) is 1. The molecular weight excluding hydrogens is 318 g/mol. The molecule has 2 aromatic carbocycles. The Kier molecular flexibility index (Phi) is 3.43. The van der Waals surface area contributed by atoms with Crippen molar-refractivity contribution in [2.45, 2.75) is 0 Å². The molecule has 81 valence electrons. The highest BCUT2D eigenvalue weighted by molar-refractivity contribution is 14.1. The van der Waals surface area contributed by atoms with Crippen molar-refractivity contribution < 1.29 is 9.13 Å². The van der Waals surface area contributed by atoms with Crippen LogP contribution >= 0.6 is 22.6 Å². The third kappa shape index (κ3) is 2.19. The topological polar surface area (TPSA) is 9.23 Å². The molecule has 3 heteroatoms. The zero-order chi connectivity index (χ0) is 11.5.